The van der Waals surface area contributed by atoms with Gasteiger partial charge in [0.2, 0.25) is 0 Å². The maximum Gasteiger partial charge on any atom is 0.347 e. The fourth-order valence-electron chi connectivity index (χ4n) is 1.16. The van der Waals surface area contributed by atoms with E-state index in [9.17, 15) is 4.79 Å². The fraction of sp³-hybridized carbons (Fsp3) is 0.556. The van der Waals surface area contributed by atoms with Gasteiger partial charge in [0.25, 0.3) is 0 Å². The number of hydrogen-bond donors (Lipinski definition) is 2. The normalized spacial score (nSPS) is 11.6. The lowest BCUT2D eigenvalue weighted by Gasteiger charge is -2.16. The third kappa shape index (κ3) is 2.70. The van der Waals surface area contributed by atoms with E-state index >= 15 is 0 Å². The minimum Gasteiger partial charge on any atom is -0.477 e. The van der Waals surface area contributed by atoms with Gasteiger partial charge in [-0.2, -0.15) is 0 Å². The molecular weight excluding hydrogens is 200 g/mol. The lowest BCUT2D eigenvalue weighted by molar-refractivity contribution is 0.0700. The van der Waals surface area contributed by atoms with Crippen LogP contribution in [0.1, 0.15) is 36.1 Å². The van der Waals surface area contributed by atoms with Crippen molar-refractivity contribution in [3.63, 3.8) is 0 Å². The number of hydrogen-bond acceptors (Lipinski definition) is 4. The monoisotopic (exact) mass is 214 g/mol. The highest BCUT2D eigenvalue weighted by Crippen LogP contribution is 2.27. The third-order valence-corrected chi connectivity index (χ3v) is 2.52. The lowest BCUT2D eigenvalue weighted by Crippen LogP contribution is -2.12. The predicted octanol–water partition coefficient (Wildman–Crippen LogP) is 2.01. The van der Waals surface area contributed by atoms with Crippen LogP contribution in [0.3, 0.4) is 0 Å². The molecule has 0 unspecified atom stereocenters. The molecule has 0 radical (unpaired) electrons. The molecule has 5 heteroatoms. The van der Waals surface area contributed by atoms with E-state index < -0.39 is 5.97 Å². The first-order valence-electron chi connectivity index (χ1n) is 4.28. The summed E-state index contributed by atoms with van der Waals surface area (Å²) in [6.45, 7) is 6.11. The Morgan fingerprint density at radius 2 is 2.14 bits per heavy atom. The SMILES string of the molecule is CC(C)(C)Cc1nc(N)sc1C(=O)O. The van der Waals surface area contributed by atoms with E-state index in [1.807, 2.05) is 20.8 Å². The summed E-state index contributed by atoms with van der Waals surface area (Å²) in [5, 5.41) is 9.21. The number of aromatic carboxylic acids is 1. The zero-order valence-corrected chi connectivity index (χ0v) is 9.31. The number of nitrogens with two attached hydrogens (primary N) is 1. The first-order chi connectivity index (χ1) is 6.29. The number of carbonyl (C=O) groups is 1. The van der Waals surface area contributed by atoms with E-state index in [1.54, 1.807) is 0 Å². The van der Waals surface area contributed by atoms with Crippen molar-refractivity contribution < 1.29 is 9.90 Å². The molecule has 0 amide bonds. The van der Waals surface area contributed by atoms with Gasteiger partial charge in [-0.3, -0.25) is 0 Å². The molecule has 1 aromatic rings. The quantitative estimate of drug-likeness (QED) is 0.789. The Balaban J connectivity index is 3.02. The number of anilines is 1. The number of rotatable bonds is 2. The summed E-state index contributed by atoms with van der Waals surface area (Å²) < 4.78 is 0. The van der Waals surface area contributed by atoms with Crippen LogP contribution < -0.4 is 5.73 Å². The second-order valence-electron chi connectivity index (χ2n) is 4.37. The van der Waals surface area contributed by atoms with Crippen molar-refractivity contribution >= 4 is 22.4 Å². The van der Waals surface area contributed by atoms with Gasteiger partial charge in [0, 0.05) is 0 Å². The molecule has 78 valence electrons. The molecule has 1 heterocycles. The summed E-state index contributed by atoms with van der Waals surface area (Å²) in [6.07, 6.45) is 0.627. The van der Waals surface area contributed by atoms with Gasteiger partial charge in [-0.15, -0.1) is 0 Å². The van der Waals surface area contributed by atoms with Gasteiger partial charge in [-0.25, -0.2) is 9.78 Å². The van der Waals surface area contributed by atoms with E-state index in [2.05, 4.69) is 4.98 Å². The maximum atomic E-state index is 10.8. The second kappa shape index (κ2) is 3.57. The minimum atomic E-state index is -0.946. The Bertz CT molecular complexity index is 352. The standard InChI is InChI=1S/C9H14N2O2S/c1-9(2,3)4-5-6(7(12)13)14-8(10)11-5/h4H2,1-3H3,(H2,10,11)(H,12,13). The van der Waals surface area contributed by atoms with Crippen molar-refractivity contribution in [2.75, 3.05) is 5.73 Å². The van der Waals surface area contributed by atoms with Gasteiger partial charge in [0.05, 0.1) is 5.69 Å². The first kappa shape index (κ1) is 11.0. The average molecular weight is 214 g/mol. The smallest absolute Gasteiger partial charge is 0.347 e. The van der Waals surface area contributed by atoms with Crippen molar-refractivity contribution in [3.05, 3.63) is 10.6 Å². The zero-order chi connectivity index (χ0) is 10.9. The van der Waals surface area contributed by atoms with Crippen molar-refractivity contribution in [2.45, 2.75) is 27.2 Å². The summed E-state index contributed by atoms with van der Waals surface area (Å²) in [4.78, 5) is 15.1. The minimum absolute atomic E-state index is 0.0186. The van der Waals surface area contributed by atoms with E-state index in [0.29, 0.717) is 17.2 Å². The summed E-state index contributed by atoms with van der Waals surface area (Å²) in [6, 6.07) is 0. The van der Waals surface area contributed by atoms with Crippen LogP contribution >= 0.6 is 11.3 Å². The van der Waals surface area contributed by atoms with Gasteiger partial charge >= 0.3 is 5.97 Å². The van der Waals surface area contributed by atoms with Crippen LogP contribution in [0.25, 0.3) is 0 Å². The Kier molecular flexibility index (Phi) is 2.80. The molecule has 0 aliphatic rings. The average Bonchev–Trinajstić information content (AvgIpc) is 2.27. The maximum absolute atomic E-state index is 10.8. The highest BCUT2D eigenvalue weighted by Gasteiger charge is 2.21. The van der Waals surface area contributed by atoms with Gasteiger partial charge in [-0.1, -0.05) is 32.1 Å². The Hall–Kier alpha value is -1.10. The molecule has 1 rings (SSSR count). The van der Waals surface area contributed by atoms with Crippen LogP contribution in [0, 0.1) is 5.41 Å². The predicted molar refractivity (Wildman–Crippen MR) is 56.6 cm³/mol. The van der Waals surface area contributed by atoms with Gasteiger partial charge in [0.1, 0.15) is 4.88 Å². The van der Waals surface area contributed by atoms with Crippen LogP contribution in [0.4, 0.5) is 5.13 Å². The van der Waals surface area contributed by atoms with Gasteiger partial charge in [-0.05, 0) is 11.8 Å². The summed E-state index contributed by atoms with van der Waals surface area (Å²) in [5.41, 5.74) is 6.09. The van der Waals surface area contributed by atoms with E-state index in [1.165, 1.54) is 0 Å². The zero-order valence-electron chi connectivity index (χ0n) is 8.50. The highest BCUT2D eigenvalue weighted by molar-refractivity contribution is 7.17. The summed E-state index contributed by atoms with van der Waals surface area (Å²) >= 11 is 1.03. The highest BCUT2D eigenvalue weighted by atomic mass is 32.1. The number of carboxylic acid groups (broad SMARTS) is 1. The Morgan fingerprint density at radius 3 is 2.57 bits per heavy atom. The van der Waals surface area contributed by atoms with Gasteiger partial charge < -0.3 is 10.8 Å². The number of nitrogen functional groups attached to an aromatic ring is 1. The summed E-state index contributed by atoms with van der Waals surface area (Å²) in [5.74, 6) is -0.946. The molecule has 0 aliphatic carbocycles. The number of aromatic nitrogens is 1. The van der Waals surface area contributed by atoms with Crippen LogP contribution in [0.15, 0.2) is 0 Å². The number of thiazole rings is 1. The molecular formula is C9H14N2O2S. The van der Waals surface area contributed by atoms with E-state index in [-0.39, 0.29) is 10.3 Å². The van der Waals surface area contributed by atoms with Crippen molar-refractivity contribution in [1.29, 1.82) is 0 Å². The third-order valence-electron chi connectivity index (χ3n) is 1.61. The molecule has 0 fully saturated rings. The van der Waals surface area contributed by atoms with Crippen LogP contribution in [0.2, 0.25) is 0 Å². The van der Waals surface area contributed by atoms with Crippen molar-refractivity contribution in [2.24, 2.45) is 5.41 Å². The molecule has 0 saturated heterocycles. The lowest BCUT2D eigenvalue weighted by atomic mass is 9.90. The number of carboxylic acids is 1. The topological polar surface area (TPSA) is 76.2 Å². The fourth-order valence-corrected chi connectivity index (χ4v) is 1.85. The van der Waals surface area contributed by atoms with E-state index in [0.717, 1.165) is 11.3 Å². The first-order valence-corrected chi connectivity index (χ1v) is 5.10. The molecule has 0 spiro atoms. The molecule has 3 N–H and O–H groups in total. The van der Waals surface area contributed by atoms with Crippen molar-refractivity contribution in [1.82, 2.24) is 4.98 Å². The Labute approximate surface area is 86.8 Å². The van der Waals surface area contributed by atoms with E-state index in [4.69, 9.17) is 10.8 Å². The molecule has 0 bridgehead atoms. The molecule has 0 saturated carbocycles. The largest absolute Gasteiger partial charge is 0.477 e. The van der Waals surface area contributed by atoms with Crippen LogP contribution in [-0.4, -0.2) is 16.1 Å². The molecule has 14 heavy (non-hydrogen) atoms. The second-order valence-corrected chi connectivity index (χ2v) is 5.40. The molecule has 4 nitrogen and oxygen atoms in total. The number of nitrogens with zero attached hydrogens (tertiary/aromatic N) is 1. The van der Waals surface area contributed by atoms with Gasteiger partial charge in [0.15, 0.2) is 5.13 Å². The Morgan fingerprint density at radius 1 is 1.57 bits per heavy atom. The molecule has 1 aromatic heterocycles. The molecule has 0 atom stereocenters. The molecule has 0 aliphatic heterocycles. The van der Waals surface area contributed by atoms with Crippen LogP contribution in [0.5, 0.6) is 0 Å². The van der Waals surface area contributed by atoms with Crippen LogP contribution in [-0.2, 0) is 6.42 Å². The summed E-state index contributed by atoms with van der Waals surface area (Å²) in [7, 11) is 0. The molecule has 0 aromatic carbocycles. The van der Waals surface area contributed by atoms with Crippen molar-refractivity contribution in [3.8, 4) is 0 Å².